The summed E-state index contributed by atoms with van der Waals surface area (Å²) < 4.78 is 5.68. The van der Waals surface area contributed by atoms with Gasteiger partial charge in [0.25, 0.3) is 5.91 Å². The predicted molar refractivity (Wildman–Crippen MR) is 82.9 cm³/mol. The number of nitrogens with one attached hydrogen (secondary N) is 1. The van der Waals surface area contributed by atoms with Gasteiger partial charge in [0.2, 0.25) is 5.13 Å². The van der Waals surface area contributed by atoms with E-state index >= 15 is 0 Å². The van der Waals surface area contributed by atoms with Gasteiger partial charge < -0.3 is 4.42 Å². The summed E-state index contributed by atoms with van der Waals surface area (Å²) >= 11 is 1.33. The SMILES string of the molecule is CCc1ccc2oc(C(=O)Nc3nnc(C)s3)c(C)c2c1. The van der Waals surface area contributed by atoms with E-state index in [0.717, 1.165) is 28.0 Å². The molecule has 0 radical (unpaired) electrons. The molecule has 3 rings (SSSR count). The van der Waals surface area contributed by atoms with Crippen LogP contribution >= 0.6 is 11.3 Å². The average Bonchev–Trinajstić information content (AvgIpc) is 3.02. The van der Waals surface area contributed by atoms with Crippen LogP contribution in [0.2, 0.25) is 0 Å². The molecule has 0 unspecified atom stereocenters. The highest BCUT2D eigenvalue weighted by molar-refractivity contribution is 7.15. The van der Waals surface area contributed by atoms with Gasteiger partial charge >= 0.3 is 0 Å². The Morgan fingerprint density at radius 1 is 1.33 bits per heavy atom. The lowest BCUT2D eigenvalue weighted by molar-refractivity contribution is 0.0998. The molecule has 108 valence electrons. The molecule has 2 aromatic heterocycles. The second kappa shape index (κ2) is 5.29. The molecule has 0 saturated carbocycles. The van der Waals surface area contributed by atoms with E-state index < -0.39 is 0 Å². The van der Waals surface area contributed by atoms with Gasteiger partial charge in [-0.25, -0.2) is 0 Å². The zero-order valence-electron chi connectivity index (χ0n) is 12.1. The zero-order valence-corrected chi connectivity index (χ0v) is 12.9. The van der Waals surface area contributed by atoms with Crippen molar-refractivity contribution in [1.29, 1.82) is 0 Å². The highest BCUT2D eigenvalue weighted by Gasteiger charge is 2.19. The normalized spacial score (nSPS) is 11.0. The molecule has 1 amide bonds. The molecule has 1 N–H and O–H groups in total. The number of carbonyl (C=O) groups is 1. The minimum absolute atomic E-state index is 0.294. The number of benzene rings is 1. The number of nitrogens with zero attached hydrogens (tertiary/aromatic N) is 2. The Labute approximate surface area is 126 Å². The molecule has 2 heterocycles. The van der Waals surface area contributed by atoms with Gasteiger partial charge in [0.1, 0.15) is 10.6 Å². The lowest BCUT2D eigenvalue weighted by atomic mass is 10.1. The Morgan fingerprint density at radius 3 is 2.81 bits per heavy atom. The van der Waals surface area contributed by atoms with Crippen LogP contribution < -0.4 is 5.32 Å². The van der Waals surface area contributed by atoms with E-state index in [1.807, 2.05) is 26.0 Å². The van der Waals surface area contributed by atoms with E-state index in [1.165, 1.54) is 16.9 Å². The molecule has 0 atom stereocenters. The molecule has 0 spiro atoms. The van der Waals surface area contributed by atoms with E-state index in [4.69, 9.17) is 4.42 Å². The molecule has 5 nitrogen and oxygen atoms in total. The van der Waals surface area contributed by atoms with Crippen LogP contribution in [0.25, 0.3) is 11.0 Å². The number of aryl methyl sites for hydroxylation is 3. The smallest absolute Gasteiger partial charge is 0.293 e. The second-order valence-corrected chi connectivity index (χ2v) is 6.00. The third kappa shape index (κ3) is 2.54. The molecule has 0 aliphatic carbocycles. The number of fused-ring (bicyclic) bond motifs is 1. The Morgan fingerprint density at radius 2 is 2.14 bits per heavy atom. The molecular formula is C15H15N3O2S. The van der Waals surface area contributed by atoms with Gasteiger partial charge in [0, 0.05) is 10.9 Å². The fourth-order valence-corrected chi connectivity index (χ4v) is 2.79. The Bertz CT molecular complexity index is 820. The number of furan rings is 1. The van der Waals surface area contributed by atoms with E-state index in [0.29, 0.717) is 10.9 Å². The van der Waals surface area contributed by atoms with Gasteiger partial charge in [-0.1, -0.05) is 24.3 Å². The van der Waals surface area contributed by atoms with Crippen molar-refractivity contribution in [2.45, 2.75) is 27.2 Å². The number of carbonyl (C=O) groups excluding carboxylic acids is 1. The van der Waals surface area contributed by atoms with E-state index in [-0.39, 0.29) is 5.91 Å². The van der Waals surface area contributed by atoms with E-state index in [9.17, 15) is 4.79 Å². The van der Waals surface area contributed by atoms with Crippen molar-refractivity contribution < 1.29 is 9.21 Å². The van der Waals surface area contributed by atoms with Crippen LogP contribution in [-0.4, -0.2) is 16.1 Å². The van der Waals surface area contributed by atoms with Gasteiger partial charge in [-0.2, -0.15) is 0 Å². The van der Waals surface area contributed by atoms with Gasteiger partial charge in [-0.3, -0.25) is 10.1 Å². The highest BCUT2D eigenvalue weighted by Crippen LogP contribution is 2.27. The first-order valence-electron chi connectivity index (χ1n) is 6.72. The standard InChI is InChI=1S/C15H15N3O2S/c1-4-10-5-6-12-11(7-10)8(2)13(20-12)14(19)16-15-18-17-9(3)21-15/h5-7H,4H2,1-3H3,(H,16,18,19). The number of hydrogen-bond acceptors (Lipinski definition) is 5. The van der Waals surface area contributed by atoms with Gasteiger partial charge in [-0.15, -0.1) is 10.2 Å². The van der Waals surface area contributed by atoms with Crippen molar-refractivity contribution in [2.24, 2.45) is 0 Å². The topological polar surface area (TPSA) is 68.0 Å². The molecule has 1 aromatic carbocycles. The summed E-state index contributed by atoms with van der Waals surface area (Å²) in [5.74, 6) is 0.0315. The summed E-state index contributed by atoms with van der Waals surface area (Å²) in [4.78, 5) is 12.3. The van der Waals surface area contributed by atoms with Crippen LogP contribution in [0.3, 0.4) is 0 Å². The summed E-state index contributed by atoms with van der Waals surface area (Å²) in [6, 6.07) is 5.99. The average molecular weight is 301 g/mol. The van der Waals surface area contributed by atoms with E-state index in [2.05, 4.69) is 28.5 Å². The number of rotatable bonds is 3. The summed E-state index contributed by atoms with van der Waals surface area (Å²) in [7, 11) is 0. The van der Waals surface area contributed by atoms with Crippen LogP contribution in [-0.2, 0) is 6.42 Å². The second-order valence-electron chi connectivity index (χ2n) is 4.82. The third-order valence-electron chi connectivity index (χ3n) is 3.36. The Balaban J connectivity index is 1.96. The summed E-state index contributed by atoms with van der Waals surface area (Å²) in [6.45, 7) is 5.83. The summed E-state index contributed by atoms with van der Waals surface area (Å²) in [6.07, 6.45) is 0.951. The largest absolute Gasteiger partial charge is 0.451 e. The fourth-order valence-electron chi connectivity index (χ4n) is 2.21. The Kier molecular flexibility index (Phi) is 3.47. The zero-order chi connectivity index (χ0) is 15.0. The third-order valence-corrected chi connectivity index (χ3v) is 4.12. The molecule has 0 bridgehead atoms. The van der Waals surface area contributed by atoms with Gasteiger partial charge in [-0.05, 0) is 38.0 Å². The molecule has 0 aliphatic heterocycles. The van der Waals surface area contributed by atoms with Gasteiger partial charge in [0.05, 0.1) is 0 Å². The number of amides is 1. The maximum absolute atomic E-state index is 12.3. The van der Waals surface area contributed by atoms with Crippen molar-refractivity contribution in [3.05, 3.63) is 40.1 Å². The maximum Gasteiger partial charge on any atom is 0.293 e. The van der Waals surface area contributed by atoms with Crippen molar-refractivity contribution >= 4 is 33.3 Å². The highest BCUT2D eigenvalue weighted by atomic mass is 32.1. The lowest BCUT2D eigenvalue weighted by Gasteiger charge is -1.98. The maximum atomic E-state index is 12.3. The van der Waals surface area contributed by atoms with Crippen molar-refractivity contribution in [2.75, 3.05) is 5.32 Å². The van der Waals surface area contributed by atoms with Crippen molar-refractivity contribution in [3.63, 3.8) is 0 Å². The van der Waals surface area contributed by atoms with Crippen LogP contribution in [0.15, 0.2) is 22.6 Å². The minimum atomic E-state index is -0.294. The molecule has 0 saturated heterocycles. The van der Waals surface area contributed by atoms with Crippen molar-refractivity contribution in [3.8, 4) is 0 Å². The first kappa shape index (κ1) is 13.8. The molecular weight excluding hydrogens is 286 g/mol. The molecule has 0 fully saturated rings. The number of hydrogen-bond donors (Lipinski definition) is 1. The van der Waals surface area contributed by atoms with E-state index in [1.54, 1.807) is 0 Å². The quantitative estimate of drug-likeness (QED) is 0.800. The predicted octanol–water partition coefficient (Wildman–Crippen LogP) is 3.72. The minimum Gasteiger partial charge on any atom is -0.451 e. The fraction of sp³-hybridized carbons (Fsp3) is 0.267. The molecule has 0 aliphatic rings. The first-order chi connectivity index (χ1) is 10.1. The van der Waals surface area contributed by atoms with Crippen LogP contribution in [0, 0.1) is 13.8 Å². The van der Waals surface area contributed by atoms with Gasteiger partial charge in [0.15, 0.2) is 5.76 Å². The van der Waals surface area contributed by atoms with Crippen molar-refractivity contribution in [1.82, 2.24) is 10.2 Å². The lowest BCUT2D eigenvalue weighted by Crippen LogP contribution is -2.11. The first-order valence-corrected chi connectivity index (χ1v) is 7.53. The summed E-state index contributed by atoms with van der Waals surface area (Å²) in [5.41, 5.74) is 2.79. The Hall–Kier alpha value is -2.21. The summed E-state index contributed by atoms with van der Waals surface area (Å²) in [5, 5.41) is 12.7. The molecule has 21 heavy (non-hydrogen) atoms. The van der Waals surface area contributed by atoms with Crippen LogP contribution in [0.4, 0.5) is 5.13 Å². The number of anilines is 1. The monoisotopic (exact) mass is 301 g/mol. The molecule has 3 aromatic rings. The molecule has 6 heteroatoms. The van der Waals surface area contributed by atoms with Crippen LogP contribution in [0.1, 0.15) is 33.6 Å². The number of aromatic nitrogens is 2. The van der Waals surface area contributed by atoms with Crippen LogP contribution in [0.5, 0.6) is 0 Å².